The van der Waals surface area contributed by atoms with E-state index in [4.69, 9.17) is 4.74 Å². The smallest absolute Gasteiger partial charge is 0.339 e. The molecule has 0 saturated carbocycles. The van der Waals surface area contributed by atoms with Gasteiger partial charge < -0.3 is 9.64 Å². The maximum absolute atomic E-state index is 11.5. The Morgan fingerprint density at radius 3 is 2.80 bits per heavy atom. The minimum atomic E-state index is -0.343. The average Bonchev–Trinajstić information content (AvgIpc) is 2.84. The third-order valence-corrected chi connectivity index (χ3v) is 3.64. The van der Waals surface area contributed by atoms with Gasteiger partial charge in [0, 0.05) is 24.3 Å². The number of carbonyl (C=O) groups is 1. The summed E-state index contributed by atoms with van der Waals surface area (Å²) in [5.41, 5.74) is 1.50. The summed E-state index contributed by atoms with van der Waals surface area (Å²) >= 11 is 1.63. The third kappa shape index (κ3) is 3.54. The number of rotatable bonds is 5. The van der Waals surface area contributed by atoms with E-state index in [1.54, 1.807) is 24.3 Å². The van der Waals surface area contributed by atoms with Gasteiger partial charge in [0.1, 0.15) is 10.8 Å². The van der Waals surface area contributed by atoms with Crippen LogP contribution in [0.3, 0.4) is 0 Å². The second kappa shape index (κ2) is 6.47. The van der Waals surface area contributed by atoms with Crippen molar-refractivity contribution in [3.8, 4) is 0 Å². The van der Waals surface area contributed by atoms with Crippen molar-refractivity contribution in [3.63, 3.8) is 0 Å². The molecule has 0 N–H and O–H groups in total. The lowest BCUT2D eigenvalue weighted by atomic mass is 10.3. The standard InChI is InChI=1S/C14H17N3O2S/c1-4-19-14(18)11-5-6-12(15-7-11)17(3)8-13-16-10(2)9-20-13/h5-7,9H,4,8H2,1-3H3. The first-order valence-corrected chi connectivity index (χ1v) is 7.23. The highest BCUT2D eigenvalue weighted by Gasteiger charge is 2.10. The Morgan fingerprint density at radius 2 is 2.25 bits per heavy atom. The van der Waals surface area contributed by atoms with Crippen LogP contribution in [0.15, 0.2) is 23.7 Å². The molecule has 2 aromatic rings. The van der Waals surface area contributed by atoms with Crippen LogP contribution >= 0.6 is 11.3 Å². The maximum Gasteiger partial charge on any atom is 0.339 e. The van der Waals surface area contributed by atoms with Crippen LogP contribution in [0, 0.1) is 6.92 Å². The van der Waals surface area contributed by atoms with Gasteiger partial charge in [-0.05, 0) is 26.0 Å². The van der Waals surface area contributed by atoms with Crippen molar-refractivity contribution >= 4 is 23.1 Å². The number of carbonyl (C=O) groups excluding carboxylic acids is 1. The Bertz CT molecular complexity index is 580. The SMILES string of the molecule is CCOC(=O)c1ccc(N(C)Cc2nc(C)cs2)nc1. The molecule has 0 fully saturated rings. The van der Waals surface area contributed by atoms with Crippen molar-refractivity contribution in [3.05, 3.63) is 40.0 Å². The van der Waals surface area contributed by atoms with Crippen molar-refractivity contribution in [2.45, 2.75) is 20.4 Å². The summed E-state index contributed by atoms with van der Waals surface area (Å²) in [6.07, 6.45) is 1.54. The summed E-state index contributed by atoms with van der Waals surface area (Å²) in [7, 11) is 1.95. The van der Waals surface area contributed by atoms with E-state index in [-0.39, 0.29) is 5.97 Å². The van der Waals surface area contributed by atoms with Gasteiger partial charge in [0.25, 0.3) is 0 Å². The van der Waals surface area contributed by atoms with E-state index in [9.17, 15) is 4.79 Å². The second-order valence-corrected chi connectivity index (χ2v) is 5.31. The lowest BCUT2D eigenvalue weighted by molar-refractivity contribution is 0.0526. The summed E-state index contributed by atoms with van der Waals surface area (Å²) < 4.78 is 4.93. The predicted molar refractivity (Wildman–Crippen MR) is 79.2 cm³/mol. The number of aromatic nitrogens is 2. The molecule has 0 aliphatic rings. The van der Waals surface area contributed by atoms with Crippen molar-refractivity contribution in [2.75, 3.05) is 18.6 Å². The Balaban J connectivity index is 2.03. The van der Waals surface area contributed by atoms with Gasteiger partial charge in [0.05, 0.1) is 18.7 Å². The second-order valence-electron chi connectivity index (χ2n) is 4.36. The van der Waals surface area contributed by atoms with E-state index in [1.807, 2.05) is 30.3 Å². The molecule has 0 aliphatic carbocycles. The van der Waals surface area contributed by atoms with Gasteiger partial charge in [0.15, 0.2) is 0 Å². The highest BCUT2D eigenvalue weighted by molar-refractivity contribution is 7.09. The first kappa shape index (κ1) is 14.5. The summed E-state index contributed by atoms with van der Waals surface area (Å²) in [6.45, 7) is 4.82. The van der Waals surface area contributed by atoms with Gasteiger partial charge in [-0.3, -0.25) is 0 Å². The molecule has 2 heterocycles. The zero-order chi connectivity index (χ0) is 14.5. The molecule has 0 radical (unpaired) electrons. The number of pyridine rings is 1. The highest BCUT2D eigenvalue weighted by atomic mass is 32.1. The van der Waals surface area contributed by atoms with Crippen molar-refractivity contribution in [1.82, 2.24) is 9.97 Å². The predicted octanol–water partition coefficient (Wildman–Crippen LogP) is 2.66. The lowest BCUT2D eigenvalue weighted by Crippen LogP contribution is -2.18. The van der Waals surface area contributed by atoms with E-state index in [1.165, 1.54) is 6.20 Å². The van der Waals surface area contributed by atoms with Gasteiger partial charge >= 0.3 is 5.97 Å². The number of nitrogens with zero attached hydrogens (tertiary/aromatic N) is 3. The number of hydrogen-bond donors (Lipinski definition) is 0. The van der Waals surface area contributed by atoms with Crippen LogP contribution < -0.4 is 4.90 Å². The van der Waals surface area contributed by atoms with Gasteiger partial charge in [-0.1, -0.05) is 0 Å². The Hall–Kier alpha value is -1.95. The van der Waals surface area contributed by atoms with Crippen LogP contribution in [0.4, 0.5) is 5.82 Å². The van der Waals surface area contributed by atoms with Gasteiger partial charge in [-0.25, -0.2) is 14.8 Å². The Labute approximate surface area is 122 Å². The highest BCUT2D eigenvalue weighted by Crippen LogP contribution is 2.16. The molecular formula is C14H17N3O2S. The molecule has 5 nitrogen and oxygen atoms in total. The third-order valence-electron chi connectivity index (χ3n) is 2.69. The molecule has 6 heteroatoms. The first-order chi connectivity index (χ1) is 9.60. The van der Waals surface area contributed by atoms with Crippen LogP contribution in [0.25, 0.3) is 0 Å². The molecule has 0 aromatic carbocycles. The normalized spacial score (nSPS) is 10.3. The number of esters is 1. The average molecular weight is 291 g/mol. The molecule has 2 rings (SSSR count). The number of thiazole rings is 1. The molecule has 0 atom stereocenters. The summed E-state index contributed by atoms with van der Waals surface area (Å²) in [5.74, 6) is 0.454. The molecule has 0 aliphatic heterocycles. The molecule has 0 amide bonds. The van der Waals surface area contributed by atoms with Gasteiger partial charge in [0.2, 0.25) is 0 Å². The quantitative estimate of drug-likeness (QED) is 0.793. The van der Waals surface area contributed by atoms with Crippen LogP contribution in [0.2, 0.25) is 0 Å². The van der Waals surface area contributed by atoms with Crippen molar-refractivity contribution in [1.29, 1.82) is 0 Å². The van der Waals surface area contributed by atoms with Gasteiger partial charge in [-0.2, -0.15) is 0 Å². The van der Waals surface area contributed by atoms with E-state index in [0.29, 0.717) is 18.7 Å². The maximum atomic E-state index is 11.5. The van der Waals surface area contributed by atoms with E-state index < -0.39 is 0 Å². The molecular weight excluding hydrogens is 274 g/mol. The molecule has 0 bridgehead atoms. The minimum Gasteiger partial charge on any atom is -0.462 e. The van der Waals surface area contributed by atoms with Crippen LogP contribution in [0.5, 0.6) is 0 Å². The zero-order valence-electron chi connectivity index (χ0n) is 11.8. The fraction of sp³-hybridized carbons (Fsp3) is 0.357. The largest absolute Gasteiger partial charge is 0.462 e. The molecule has 20 heavy (non-hydrogen) atoms. The number of aryl methyl sites for hydroxylation is 1. The zero-order valence-corrected chi connectivity index (χ0v) is 12.6. The van der Waals surface area contributed by atoms with Crippen LogP contribution in [0.1, 0.15) is 28.0 Å². The monoisotopic (exact) mass is 291 g/mol. The Kier molecular flexibility index (Phi) is 4.68. The topological polar surface area (TPSA) is 55.3 Å². The summed E-state index contributed by atoms with van der Waals surface area (Å²) in [6, 6.07) is 3.54. The molecule has 2 aromatic heterocycles. The van der Waals surface area contributed by atoms with Crippen molar-refractivity contribution < 1.29 is 9.53 Å². The van der Waals surface area contributed by atoms with Crippen LogP contribution in [-0.2, 0) is 11.3 Å². The molecule has 0 unspecified atom stereocenters. The fourth-order valence-corrected chi connectivity index (χ4v) is 2.53. The van der Waals surface area contributed by atoms with E-state index >= 15 is 0 Å². The van der Waals surface area contributed by atoms with E-state index in [2.05, 4.69) is 9.97 Å². The molecule has 0 spiro atoms. The number of anilines is 1. The number of ether oxygens (including phenoxy) is 1. The number of hydrogen-bond acceptors (Lipinski definition) is 6. The van der Waals surface area contributed by atoms with Crippen molar-refractivity contribution in [2.24, 2.45) is 0 Å². The summed E-state index contributed by atoms with van der Waals surface area (Å²) in [4.78, 5) is 22.2. The minimum absolute atomic E-state index is 0.343. The lowest BCUT2D eigenvalue weighted by Gasteiger charge is -2.16. The Morgan fingerprint density at radius 1 is 1.45 bits per heavy atom. The molecule has 0 saturated heterocycles. The summed E-state index contributed by atoms with van der Waals surface area (Å²) in [5, 5.41) is 3.07. The first-order valence-electron chi connectivity index (χ1n) is 6.35. The van der Waals surface area contributed by atoms with E-state index in [0.717, 1.165) is 16.5 Å². The van der Waals surface area contributed by atoms with Crippen LogP contribution in [-0.4, -0.2) is 29.6 Å². The fourth-order valence-electron chi connectivity index (χ4n) is 1.71. The molecule has 106 valence electrons. The van der Waals surface area contributed by atoms with Gasteiger partial charge in [-0.15, -0.1) is 11.3 Å².